The van der Waals surface area contributed by atoms with Gasteiger partial charge in [0.2, 0.25) is 0 Å². The molecule has 0 bridgehead atoms. The van der Waals surface area contributed by atoms with E-state index in [1.54, 1.807) is 25.4 Å². The molecule has 4 rings (SSSR count). The molecule has 1 saturated heterocycles. The summed E-state index contributed by atoms with van der Waals surface area (Å²) in [6.45, 7) is 3.44. The van der Waals surface area contributed by atoms with Crippen molar-refractivity contribution in [3.8, 4) is 22.8 Å². The fourth-order valence-electron chi connectivity index (χ4n) is 3.62. The molecule has 1 aromatic carbocycles. The second-order valence-corrected chi connectivity index (χ2v) is 8.50. The van der Waals surface area contributed by atoms with Crippen molar-refractivity contribution in [3.63, 3.8) is 0 Å². The first-order valence-corrected chi connectivity index (χ1v) is 10.3. The van der Waals surface area contributed by atoms with Crippen LogP contribution in [-0.2, 0) is 4.74 Å². The molecule has 1 fully saturated rings. The van der Waals surface area contributed by atoms with Gasteiger partial charge in [0.25, 0.3) is 0 Å². The summed E-state index contributed by atoms with van der Waals surface area (Å²) in [5.74, 6) is 1.65. The van der Waals surface area contributed by atoms with Crippen LogP contribution in [0.3, 0.4) is 0 Å². The molecule has 2 aromatic heterocycles. The number of nitrogens with zero attached hydrogens (tertiary/aromatic N) is 3. The van der Waals surface area contributed by atoms with Gasteiger partial charge in [-0.3, -0.25) is 0 Å². The topological polar surface area (TPSA) is 56.7 Å². The molecule has 0 N–H and O–H groups in total. The molecule has 3 heterocycles. The fourth-order valence-corrected chi connectivity index (χ4v) is 4.47. The van der Waals surface area contributed by atoms with Crippen molar-refractivity contribution in [1.29, 1.82) is 0 Å². The van der Waals surface area contributed by atoms with Gasteiger partial charge < -0.3 is 19.1 Å². The van der Waals surface area contributed by atoms with Crippen LogP contribution in [0.4, 0.5) is 5.82 Å². The molecule has 0 saturated carbocycles. The van der Waals surface area contributed by atoms with Gasteiger partial charge >= 0.3 is 0 Å². The van der Waals surface area contributed by atoms with E-state index < -0.39 is 0 Å². The minimum Gasteiger partial charge on any atom is -0.495 e. The van der Waals surface area contributed by atoms with Crippen molar-refractivity contribution in [1.82, 2.24) is 9.97 Å². The predicted molar refractivity (Wildman–Crippen MR) is 121 cm³/mol. The maximum absolute atomic E-state index is 6.63. The quantitative estimate of drug-likeness (QED) is 0.461. The fraction of sp³-hybridized carbons (Fsp3) is 0.333. The van der Waals surface area contributed by atoms with Crippen LogP contribution in [0.1, 0.15) is 6.92 Å². The molecule has 1 aliphatic heterocycles. The van der Waals surface area contributed by atoms with Gasteiger partial charge in [0.15, 0.2) is 0 Å². The lowest BCUT2D eigenvalue weighted by Gasteiger charge is -2.47. The number of halogens is 3. The van der Waals surface area contributed by atoms with Gasteiger partial charge in [-0.25, -0.2) is 9.97 Å². The Kier molecular flexibility index (Phi) is 5.62. The number of aromatic nitrogens is 2. The Morgan fingerprint density at radius 3 is 2.17 bits per heavy atom. The van der Waals surface area contributed by atoms with Crippen molar-refractivity contribution in [2.24, 2.45) is 0 Å². The highest BCUT2D eigenvalue weighted by molar-refractivity contribution is 6.41. The Labute approximate surface area is 189 Å². The Morgan fingerprint density at radius 1 is 0.967 bits per heavy atom. The van der Waals surface area contributed by atoms with E-state index in [4.69, 9.17) is 54.0 Å². The molecule has 0 unspecified atom stereocenters. The first-order chi connectivity index (χ1) is 14.3. The van der Waals surface area contributed by atoms with Gasteiger partial charge in [0.1, 0.15) is 22.5 Å². The molecule has 30 heavy (non-hydrogen) atoms. The average molecular weight is 469 g/mol. The predicted octanol–water partition coefficient (Wildman–Crippen LogP) is 5.50. The zero-order chi connectivity index (χ0) is 21.6. The molecule has 158 valence electrons. The first kappa shape index (κ1) is 21.2. The van der Waals surface area contributed by atoms with Crippen molar-refractivity contribution in [2.45, 2.75) is 12.5 Å². The number of hydrogen-bond acceptors (Lipinski definition) is 6. The van der Waals surface area contributed by atoms with E-state index in [0.717, 1.165) is 16.6 Å². The first-order valence-electron chi connectivity index (χ1n) is 9.17. The molecule has 0 spiro atoms. The van der Waals surface area contributed by atoms with Gasteiger partial charge in [0, 0.05) is 48.8 Å². The summed E-state index contributed by atoms with van der Waals surface area (Å²) in [4.78, 5) is 11.3. The lowest BCUT2D eigenvalue weighted by molar-refractivity contribution is -0.0169. The summed E-state index contributed by atoms with van der Waals surface area (Å²) < 4.78 is 16.4. The number of ether oxygens (including phenoxy) is 3. The van der Waals surface area contributed by atoms with Crippen LogP contribution < -0.4 is 14.4 Å². The number of rotatable bonds is 5. The van der Waals surface area contributed by atoms with Crippen molar-refractivity contribution < 1.29 is 14.2 Å². The highest BCUT2D eigenvalue weighted by Crippen LogP contribution is 2.47. The molecular weight excluding hydrogens is 449 g/mol. The van der Waals surface area contributed by atoms with Crippen LogP contribution in [0.25, 0.3) is 22.0 Å². The van der Waals surface area contributed by atoms with Crippen LogP contribution in [0.5, 0.6) is 11.5 Å². The summed E-state index contributed by atoms with van der Waals surface area (Å²) in [5.41, 5.74) is 0.887. The van der Waals surface area contributed by atoms with Crippen LogP contribution in [0.15, 0.2) is 24.4 Å². The molecule has 6 nitrogen and oxygen atoms in total. The average Bonchev–Trinajstić information content (AvgIpc) is 2.71. The van der Waals surface area contributed by atoms with Crippen molar-refractivity contribution in [3.05, 3.63) is 39.6 Å². The molecule has 0 radical (unpaired) electrons. The summed E-state index contributed by atoms with van der Waals surface area (Å²) in [6, 6.07) is 5.33. The Balaban J connectivity index is 1.95. The lowest BCUT2D eigenvalue weighted by atomic mass is 9.95. The Morgan fingerprint density at radius 2 is 1.60 bits per heavy atom. The highest BCUT2D eigenvalue weighted by Gasteiger charge is 2.40. The maximum atomic E-state index is 6.63. The third-order valence-electron chi connectivity index (χ3n) is 5.33. The summed E-state index contributed by atoms with van der Waals surface area (Å²) >= 11 is 19.4. The SMILES string of the molecule is COc1cc(OC)c(Cl)c(-c2cc3cnc(Cl)cc3c(N3CC(C)(OC)C3)n2)c1Cl. The third kappa shape index (κ3) is 3.52. The van der Waals surface area contributed by atoms with Crippen LogP contribution >= 0.6 is 34.8 Å². The van der Waals surface area contributed by atoms with Crippen molar-refractivity contribution in [2.75, 3.05) is 39.3 Å². The van der Waals surface area contributed by atoms with E-state index in [2.05, 4.69) is 16.8 Å². The second kappa shape index (κ2) is 7.93. The second-order valence-electron chi connectivity index (χ2n) is 7.35. The number of pyridine rings is 2. The molecule has 0 atom stereocenters. The van der Waals surface area contributed by atoms with E-state index in [-0.39, 0.29) is 5.60 Å². The summed E-state index contributed by atoms with van der Waals surface area (Å²) in [6.07, 6.45) is 1.71. The zero-order valence-corrected chi connectivity index (χ0v) is 19.2. The Hall–Kier alpha value is -1.99. The number of fused-ring (bicyclic) bond motifs is 1. The number of methoxy groups -OCH3 is 3. The molecule has 3 aromatic rings. The third-order valence-corrected chi connectivity index (χ3v) is 6.29. The van der Waals surface area contributed by atoms with E-state index in [0.29, 0.717) is 51.0 Å². The maximum Gasteiger partial charge on any atom is 0.141 e. The van der Waals surface area contributed by atoms with E-state index in [1.807, 2.05) is 6.07 Å². The van der Waals surface area contributed by atoms with E-state index in [9.17, 15) is 0 Å². The Bertz CT molecular complexity index is 1110. The lowest BCUT2D eigenvalue weighted by Crippen LogP contribution is -2.61. The van der Waals surface area contributed by atoms with Crippen LogP contribution in [0.2, 0.25) is 15.2 Å². The zero-order valence-electron chi connectivity index (χ0n) is 16.9. The number of hydrogen-bond donors (Lipinski definition) is 0. The molecule has 9 heteroatoms. The van der Waals surface area contributed by atoms with Crippen LogP contribution in [0, 0.1) is 0 Å². The smallest absolute Gasteiger partial charge is 0.141 e. The molecular formula is C21H20Cl3N3O3. The minimum atomic E-state index is -0.227. The number of benzene rings is 1. The normalized spacial score (nSPS) is 15.2. The minimum absolute atomic E-state index is 0.227. The standard InChI is InChI=1S/C21H20Cl3N3O3/c1-21(30-4)9-27(10-21)20-12-6-16(22)25-8-11(12)5-13(26-20)17-18(23)14(28-2)7-15(29-3)19(17)24/h5-8H,9-10H2,1-4H3. The largest absolute Gasteiger partial charge is 0.495 e. The highest BCUT2D eigenvalue weighted by atomic mass is 35.5. The van der Waals surface area contributed by atoms with Gasteiger partial charge in [0.05, 0.1) is 35.6 Å². The summed E-state index contributed by atoms with van der Waals surface area (Å²) in [5, 5.41) is 2.85. The summed E-state index contributed by atoms with van der Waals surface area (Å²) in [7, 11) is 4.78. The monoisotopic (exact) mass is 467 g/mol. The van der Waals surface area contributed by atoms with Gasteiger partial charge in [-0.15, -0.1) is 0 Å². The van der Waals surface area contributed by atoms with Crippen LogP contribution in [-0.4, -0.2) is 50.0 Å². The van der Waals surface area contributed by atoms with Gasteiger partial charge in [-0.05, 0) is 19.1 Å². The van der Waals surface area contributed by atoms with Gasteiger partial charge in [-0.1, -0.05) is 34.8 Å². The van der Waals surface area contributed by atoms with E-state index in [1.165, 1.54) is 14.2 Å². The number of anilines is 1. The molecule has 0 aliphatic carbocycles. The van der Waals surface area contributed by atoms with E-state index >= 15 is 0 Å². The van der Waals surface area contributed by atoms with Gasteiger partial charge in [-0.2, -0.15) is 0 Å². The molecule has 0 amide bonds. The van der Waals surface area contributed by atoms with Crippen molar-refractivity contribution >= 4 is 51.4 Å². The molecule has 1 aliphatic rings.